The number of hydrazone groups is 1. The molecule has 0 amide bonds. The molecule has 9 nitrogen and oxygen atoms in total. The average molecular weight is 437 g/mol. The molecular weight excluding hydrogens is 408 g/mol. The fourth-order valence-corrected chi connectivity index (χ4v) is 4.21. The van der Waals surface area contributed by atoms with Crippen molar-refractivity contribution < 1.29 is 22.6 Å². The summed E-state index contributed by atoms with van der Waals surface area (Å²) in [5.74, 6) is 1.95. The maximum atomic E-state index is 12.5. The number of ether oxygens (including phenoxy) is 3. The lowest BCUT2D eigenvalue weighted by molar-refractivity contribution is 0.324. The first-order valence-corrected chi connectivity index (χ1v) is 10.8. The maximum absolute atomic E-state index is 12.5. The second-order valence-corrected chi connectivity index (χ2v) is 8.13. The highest BCUT2D eigenvalue weighted by molar-refractivity contribution is 7.89. The predicted molar refractivity (Wildman–Crippen MR) is 116 cm³/mol. The number of aromatic nitrogens is 1. The van der Waals surface area contributed by atoms with Crippen molar-refractivity contribution in [3.8, 4) is 17.2 Å². The molecule has 164 valence electrons. The van der Waals surface area contributed by atoms with Crippen LogP contribution >= 0.6 is 0 Å². The zero-order valence-corrected chi connectivity index (χ0v) is 18.9. The molecule has 2 aromatic rings. The first-order chi connectivity index (χ1) is 14.3. The number of hydrogen-bond donors (Lipinski definition) is 1. The minimum atomic E-state index is -3.55. The maximum Gasteiger partial charge on any atom is 0.244 e. The Morgan fingerprint density at radius 2 is 1.67 bits per heavy atom. The molecule has 2 rings (SSSR count). The van der Waals surface area contributed by atoms with Crippen LogP contribution in [0.2, 0.25) is 0 Å². The Labute approximate surface area is 177 Å². The zero-order valence-electron chi connectivity index (χ0n) is 18.1. The summed E-state index contributed by atoms with van der Waals surface area (Å²) in [6.07, 6.45) is 1.32. The van der Waals surface area contributed by atoms with Gasteiger partial charge in [-0.1, -0.05) is 13.8 Å². The third-order valence-corrected chi connectivity index (χ3v) is 6.53. The van der Waals surface area contributed by atoms with Gasteiger partial charge in [-0.2, -0.15) is 9.41 Å². The van der Waals surface area contributed by atoms with E-state index in [0.29, 0.717) is 41.9 Å². The Bertz CT molecular complexity index is 962. The van der Waals surface area contributed by atoms with Gasteiger partial charge in [0.05, 0.1) is 27.0 Å². The van der Waals surface area contributed by atoms with E-state index in [-0.39, 0.29) is 4.90 Å². The largest absolute Gasteiger partial charge is 0.493 e. The van der Waals surface area contributed by atoms with Crippen LogP contribution in [0.5, 0.6) is 17.2 Å². The van der Waals surface area contributed by atoms with Gasteiger partial charge in [0.2, 0.25) is 15.8 Å². The molecule has 1 N–H and O–H groups in total. The molecule has 0 unspecified atom stereocenters. The molecule has 10 heteroatoms. The third kappa shape index (κ3) is 5.00. The molecule has 0 aliphatic rings. The first-order valence-electron chi connectivity index (χ1n) is 9.39. The molecule has 0 aliphatic heterocycles. The standard InChI is InChI=1S/C20H28N4O5S/c1-7-24(8-2)30(25,26)16-9-10-19(21-13-16)23-22-14(3)15-11-17(27-4)20(29-6)18(12-15)28-5/h9-13H,7-8H2,1-6H3,(H,21,23)/b22-14+. The van der Waals surface area contributed by atoms with Gasteiger partial charge in [-0.25, -0.2) is 13.4 Å². The Morgan fingerprint density at radius 3 is 2.10 bits per heavy atom. The molecule has 0 atom stereocenters. The Kier molecular flexibility index (Phi) is 8.01. The third-order valence-electron chi connectivity index (χ3n) is 4.50. The number of nitrogens with zero attached hydrogens (tertiary/aromatic N) is 3. The van der Waals surface area contributed by atoms with Crippen LogP contribution in [0.15, 0.2) is 40.5 Å². The van der Waals surface area contributed by atoms with Crippen molar-refractivity contribution in [3.05, 3.63) is 36.0 Å². The minimum Gasteiger partial charge on any atom is -0.493 e. The molecule has 0 bridgehead atoms. The number of anilines is 1. The molecule has 1 aromatic heterocycles. The molecule has 0 fully saturated rings. The molecule has 1 heterocycles. The van der Waals surface area contributed by atoms with Gasteiger partial charge < -0.3 is 14.2 Å². The summed E-state index contributed by atoms with van der Waals surface area (Å²) in [4.78, 5) is 4.30. The monoisotopic (exact) mass is 436 g/mol. The van der Waals surface area contributed by atoms with E-state index in [1.54, 1.807) is 46.3 Å². The lowest BCUT2D eigenvalue weighted by Crippen LogP contribution is -2.30. The molecule has 0 spiro atoms. The summed E-state index contributed by atoms with van der Waals surface area (Å²) in [7, 11) is 1.08. The van der Waals surface area contributed by atoms with Crippen molar-refractivity contribution in [2.24, 2.45) is 5.10 Å². The van der Waals surface area contributed by atoms with Crippen LogP contribution in [-0.2, 0) is 10.0 Å². The average Bonchev–Trinajstić information content (AvgIpc) is 2.77. The highest BCUT2D eigenvalue weighted by Gasteiger charge is 2.21. The van der Waals surface area contributed by atoms with Crippen molar-refractivity contribution in [3.63, 3.8) is 0 Å². The molecule has 1 aromatic carbocycles. The second-order valence-electron chi connectivity index (χ2n) is 6.19. The van der Waals surface area contributed by atoms with E-state index in [1.807, 2.05) is 6.92 Å². The first kappa shape index (κ1) is 23.4. The SMILES string of the molecule is CCN(CC)S(=O)(=O)c1ccc(N/N=C(\C)c2cc(OC)c(OC)c(OC)c2)nc1. The van der Waals surface area contributed by atoms with Crippen LogP contribution in [0.1, 0.15) is 26.3 Å². The van der Waals surface area contributed by atoms with Crippen molar-refractivity contribution in [1.29, 1.82) is 0 Å². The van der Waals surface area contributed by atoms with Crippen molar-refractivity contribution in [2.75, 3.05) is 39.8 Å². The Balaban J connectivity index is 2.24. The van der Waals surface area contributed by atoms with Crippen LogP contribution in [0.25, 0.3) is 0 Å². The van der Waals surface area contributed by atoms with Gasteiger partial charge in [-0.3, -0.25) is 5.43 Å². The normalized spacial score (nSPS) is 12.0. The number of methoxy groups -OCH3 is 3. The highest BCUT2D eigenvalue weighted by atomic mass is 32.2. The van der Waals surface area contributed by atoms with Gasteiger partial charge in [-0.15, -0.1) is 0 Å². The summed E-state index contributed by atoms with van der Waals surface area (Å²) in [5.41, 5.74) is 4.25. The molecular formula is C20H28N4O5S. The highest BCUT2D eigenvalue weighted by Crippen LogP contribution is 2.38. The molecule has 30 heavy (non-hydrogen) atoms. The van der Waals surface area contributed by atoms with E-state index in [1.165, 1.54) is 23.7 Å². The van der Waals surface area contributed by atoms with Crippen LogP contribution in [0.3, 0.4) is 0 Å². The van der Waals surface area contributed by atoms with E-state index in [9.17, 15) is 8.42 Å². The minimum absolute atomic E-state index is 0.141. The number of nitrogens with one attached hydrogen (secondary N) is 1. The number of rotatable bonds is 10. The van der Waals surface area contributed by atoms with E-state index in [2.05, 4.69) is 15.5 Å². The lowest BCUT2D eigenvalue weighted by atomic mass is 10.1. The van der Waals surface area contributed by atoms with Crippen LogP contribution in [0.4, 0.5) is 5.82 Å². The van der Waals surface area contributed by atoms with Crippen LogP contribution < -0.4 is 19.6 Å². The predicted octanol–water partition coefficient (Wildman–Crippen LogP) is 2.97. The van der Waals surface area contributed by atoms with Crippen molar-refractivity contribution in [1.82, 2.24) is 9.29 Å². The second kappa shape index (κ2) is 10.3. The Hall–Kier alpha value is -2.85. The van der Waals surface area contributed by atoms with Crippen LogP contribution in [-0.4, -0.2) is 57.8 Å². The summed E-state index contributed by atoms with van der Waals surface area (Å²) in [6, 6.07) is 6.65. The number of benzene rings is 1. The number of sulfonamides is 1. The van der Waals surface area contributed by atoms with Gasteiger partial charge in [-0.05, 0) is 31.2 Å². The van der Waals surface area contributed by atoms with Gasteiger partial charge in [0, 0.05) is 24.8 Å². The summed E-state index contributed by atoms with van der Waals surface area (Å²) >= 11 is 0. The van der Waals surface area contributed by atoms with Gasteiger partial charge >= 0.3 is 0 Å². The topological polar surface area (TPSA) is 102 Å². The van der Waals surface area contributed by atoms with Crippen LogP contribution in [0, 0.1) is 0 Å². The van der Waals surface area contributed by atoms with Gasteiger partial charge in [0.15, 0.2) is 11.5 Å². The molecule has 0 aliphatic carbocycles. The smallest absolute Gasteiger partial charge is 0.244 e. The quantitative estimate of drug-likeness (QED) is 0.451. The van der Waals surface area contributed by atoms with Crippen molar-refractivity contribution >= 4 is 21.6 Å². The van der Waals surface area contributed by atoms with Gasteiger partial charge in [0.1, 0.15) is 10.7 Å². The van der Waals surface area contributed by atoms with E-state index >= 15 is 0 Å². The lowest BCUT2D eigenvalue weighted by Gasteiger charge is -2.18. The van der Waals surface area contributed by atoms with Crippen molar-refractivity contribution in [2.45, 2.75) is 25.7 Å². The summed E-state index contributed by atoms with van der Waals surface area (Å²) in [6.45, 7) is 6.21. The number of hydrogen-bond acceptors (Lipinski definition) is 8. The molecule has 0 saturated heterocycles. The van der Waals surface area contributed by atoms with E-state index < -0.39 is 10.0 Å². The zero-order chi connectivity index (χ0) is 22.3. The summed E-state index contributed by atoms with van der Waals surface area (Å²) < 4.78 is 42.5. The molecule has 0 saturated carbocycles. The van der Waals surface area contributed by atoms with E-state index in [4.69, 9.17) is 14.2 Å². The van der Waals surface area contributed by atoms with Gasteiger partial charge in [0.25, 0.3) is 0 Å². The number of pyridine rings is 1. The Morgan fingerprint density at radius 1 is 1.07 bits per heavy atom. The summed E-state index contributed by atoms with van der Waals surface area (Å²) in [5, 5.41) is 4.32. The fourth-order valence-electron chi connectivity index (χ4n) is 2.81. The fraction of sp³-hybridized carbons (Fsp3) is 0.400. The molecule has 0 radical (unpaired) electrons. The van der Waals surface area contributed by atoms with E-state index in [0.717, 1.165) is 5.56 Å².